The van der Waals surface area contributed by atoms with Crippen LogP contribution in [0.1, 0.15) is 0 Å². The molecule has 0 aliphatic heterocycles. The molecule has 5 nitrogen and oxygen atoms in total. The van der Waals surface area contributed by atoms with Crippen molar-refractivity contribution in [3.05, 3.63) is 200 Å². The first-order valence-electron chi connectivity index (χ1n) is 21.3. The fourth-order valence-corrected chi connectivity index (χ4v) is 11.3. The van der Waals surface area contributed by atoms with E-state index in [9.17, 15) is 0 Å². The molecule has 0 aliphatic carbocycles. The number of rotatable bonds is 4. The molecule has 0 radical (unpaired) electrons. The summed E-state index contributed by atoms with van der Waals surface area (Å²) < 4.78 is 7.02. The summed E-state index contributed by atoms with van der Waals surface area (Å²) in [5, 5.41) is 14.5. The summed E-state index contributed by atoms with van der Waals surface area (Å²) in [5.41, 5.74) is 7.35. The molecule has 63 heavy (non-hydrogen) atoms. The number of para-hydroxylation sites is 2. The summed E-state index contributed by atoms with van der Waals surface area (Å²) in [4.78, 5) is 16.2. The summed E-state index contributed by atoms with van der Waals surface area (Å²) in [6, 6.07) is 72.1. The minimum Gasteiger partial charge on any atom is -0.309 e. The molecule has 0 amide bonds. The SMILES string of the molecule is c1ccc(-c2nc(-c3cc(-n4c5cc6ccccc6cc5c5c6ccccc6ccc54)cc4c3sc3cc5ccccc5cc34)nc(-n3c4ccccc4c4ccccc43)n2)cc1. The Hall–Kier alpha value is -8.19. The number of thiophene rings is 1. The van der Waals surface area contributed by atoms with Crippen LogP contribution >= 0.6 is 11.3 Å². The summed E-state index contributed by atoms with van der Waals surface area (Å²) in [6.45, 7) is 0. The monoisotopic (exact) mass is 819 g/mol. The Balaban J connectivity index is 1.14. The van der Waals surface area contributed by atoms with Gasteiger partial charge in [-0.05, 0) is 86.9 Å². The molecule has 0 saturated heterocycles. The van der Waals surface area contributed by atoms with E-state index in [0.717, 1.165) is 54.4 Å². The van der Waals surface area contributed by atoms with Crippen LogP contribution in [0.15, 0.2) is 200 Å². The van der Waals surface area contributed by atoms with Crippen molar-refractivity contribution in [1.29, 1.82) is 0 Å². The van der Waals surface area contributed by atoms with Gasteiger partial charge < -0.3 is 4.57 Å². The second kappa shape index (κ2) is 13.2. The van der Waals surface area contributed by atoms with E-state index >= 15 is 0 Å². The summed E-state index contributed by atoms with van der Waals surface area (Å²) >= 11 is 1.81. The van der Waals surface area contributed by atoms with Gasteiger partial charge in [-0.2, -0.15) is 9.97 Å². The Labute approximate surface area is 364 Å². The maximum absolute atomic E-state index is 5.51. The second-order valence-corrected chi connectivity index (χ2v) is 17.5. The number of hydrogen-bond acceptors (Lipinski definition) is 4. The first kappa shape index (κ1) is 34.5. The van der Waals surface area contributed by atoms with Crippen LogP contribution in [0.5, 0.6) is 0 Å². The number of fused-ring (bicyclic) bond motifs is 13. The van der Waals surface area contributed by atoms with Gasteiger partial charge >= 0.3 is 0 Å². The average Bonchev–Trinajstić information content (AvgIpc) is 3.99. The van der Waals surface area contributed by atoms with E-state index in [-0.39, 0.29) is 0 Å². The zero-order valence-corrected chi connectivity index (χ0v) is 34.5. The summed E-state index contributed by atoms with van der Waals surface area (Å²) in [7, 11) is 0. The predicted molar refractivity (Wildman–Crippen MR) is 265 cm³/mol. The fourth-order valence-electron chi connectivity index (χ4n) is 10.0. The van der Waals surface area contributed by atoms with Gasteiger partial charge in [0.05, 0.1) is 22.1 Å². The number of hydrogen-bond donors (Lipinski definition) is 0. The molecule has 4 aromatic heterocycles. The maximum Gasteiger partial charge on any atom is 0.238 e. The molecule has 10 aromatic carbocycles. The van der Waals surface area contributed by atoms with Crippen molar-refractivity contribution >= 4 is 107 Å². The van der Waals surface area contributed by atoms with Gasteiger partial charge in [0, 0.05) is 58.5 Å². The minimum absolute atomic E-state index is 0.580. The molecular formula is C57H33N5S. The van der Waals surface area contributed by atoms with E-state index in [2.05, 4.69) is 191 Å². The Bertz CT molecular complexity index is 4160. The summed E-state index contributed by atoms with van der Waals surface area (Å²) in [6.07, 6.45) is 0. The first-order chi connectivity index (χ1) is 31.2. The van der Waals surface area contributed by atoms with Gasteiger partial charge in [0.1, 0.15) is 0 Å². The van der Waals surface area contributed by atoms with Gasteiger partial charge in [-0.15, -0.1) is 11.3 Å². The third-order valence-electron chi connectivity index (χ3n) is 12.9. The van der Waals surface area contributed by atoms with Crippen molar-refractivity contribution in [3.8, 4) is 34.4 Å². The Morgan fingerprint density at radius 1 is 0.349 bits per heavy atom. The van der Waals surface area contributed by atoms with Crippen molar-refractivity contribution in [2.45, 2.75) is 0 Å². The van der Waals surface area contributed by atoms with E-state index in [4.69, 9.17) is 15.0 Å². The van der Waals surface area contributed by atoms with Crippen LogP contribution in [0.3, 0.4) is 0 Å². The van der Waals surface area contributed by atoms with E-state index in [0.29, 0.717) is 17.6 Å². The number of nitrogens with zero attached hydrogens (tertiary/aromatic N) is 5. The molecule has 0 bridgehead atoms. The molecule has 0 unspecified atom stereocenters. The van der Waals surface area contributed by atoms with Crippen molar-refractivity contribution in [1.82, 2.24) is 24.1 Å². The molecule has 6 heteroatoms. The zero-order valence-electron chi connectivity index (χ0n) is 33.7. The Kier molecular flexibility index (Phi) is 7.21. The van der Waals surface area contributed by atoms with E-state index in [1.807, 2.05) is 29.5 Å². The van der Waals surface area contributed by atoms with Gasteiger partial charge in [0.15, 0.2) is 11.6 Å². The van der Waals surface area contributed by atoms with Crippen molar-refractivity contribution < 1.29 is 0 Å². The topological polar surface area (TPSA) is 48.5 Å². The third-order valence-corrected chi connectivity index (χ3v) is 14.1. The summed E-state index contributed by atoms with van der Waals surface area (Å²) in [5.74, 6) is 1.83. The molecule has 4 heterocycles. The van der Waals surface area contributed by atoms with Crippen molar-refractivity contribution in [3.63, 3.8) is 0 Å². The molecule has 0 spiro atoms. The van der Waals surface area contributed by atoms with Gasteiger partial charge in [-0.3, -0.25) is 4.57 Å². The highest BCUT2D eigenvalue weighted by molar-refractivity contribution is 7.26. The molecule has 0 fully saturated rings. The van der Waals surface area contributed by atoms with E-state index in [1.54, 1.807) is 0 Å². The molecular weight excluding hydrogens is 787 g/mol. The molecule has 14 aromatic rings. The van der Waals surface area contributed by atoms with Crippen LogP contribution in [-0.4, -0.2) is 24.1 Å². The Morgan fingerprint density at radius 2 is 0.937 bits per heavy atom. The first-order valence-corrected chi connectivity index (χ1v) is 22.1. The van der Waals surface area contributed by atoms with Crippen LogP contribution in [0.25, 0.3) is 131 Å². The molecule has 292 valence electrons. The van der Waals surface area contributed by atoms with Crippen molar-refractivity contribution in [2.75, 3.05) is 0 Å². The third kappa shape index (κ3) is 5.13. The normalized spacial score (nSPS) is 12.1. The lowest BCUT2D eigenvalue weighted by molar-refractivity contribution is 0.954. The van der Waals surface area contributed by atoms with Crippen LogP contribution < -0.4 is 0 Å². The number of benzene rings is 10. The second-order valence-electron chi connectivity index (χ2n) is 16.4. The van der Waals surface area contributed by atoms with Gasteiger partial charge in [0.2, 0.25) is 5.95 Å². The average molecular weight is 820 g/mol. The Morgan fingerprint density at radius 3 is 1.67 bits per heavy atom. The number of aromatic nitrogens is 5. The molecule has 0 aliphatic rings. The van der Waals surface area contributed by atoms with Crippen molar-refractivity contribution in [2.24, 2.45) is 0 Å². The highest BCUT2D eigenvalue weighted by Crippen LogP contribution is 2.45. The minimum atomic E-state index is 0.580. The molecule has 0 atom stereocenters. The molecule has 0 N–H and O–H groups in total. The lowest BCUT2D eigenvalue weighted by Gasteiger charge is -2.14. The quantitative estimate of drug-likeness (QED) is 0.178. The van der Waals surface area contributed by atoms with Gasteiger partial charge in [-0.25, -0.2) is 4.98 Å². The lowest BCUT2D eigenvalue weighted by atomic mass is 10.0. The van der Waals surface area contributed by atoms with E-state index < -0.39 is 0 Å². The maximum atomic E-state index is 5.51. The lowest BCUT2D eigenvalue weighted by Crippen LogP contribution is -2.06. The zero-order chi connectivity index (χ0) is 41.2. The highest BCUT2D eigenvalue weighted by atomic mass is 32.1. The van der Waals surface area contributed by atoms with Gasteiger partial charge in [0.25, 0.3) is 0 Å². The van der Waals surface area contributed by atoms with Crippen LogP contribution in [0.4, 0.5) is 0 Å². The van der Waals surface area contributed by atoms with E-state index in [1.165, 1.54) is 58.6 Å². The van der Waals surface area contributed by atoms with Crippen LogP contribution in [-0.2, 0) is 0 Å². The van der Waals surface area contributed by atoms with Crippen LogP contribution in [0, 0.1) is 0 Å². The smallest absolute Gasteiger partial charge is 0.238 e. The van der Waals surface area contributed by atoms with Gasteiger partial charge in [-0.1, -0.05) is 146 Å². The predicted octanol–water partition coefficient (Wildman–Crippen LogP) is 15.2. The fraction of sp³-hybridized carbons (Fsp3) is 0. The molecule has 14 rings (SSSR count). The molecule has 0 saturated carbocycles. The highest BCUT2D eigenvalue weighted by Gasteiger charge is 2.23. The van der Waals surface area contributed by atoms with Crippen LogP contribution in [0.2, 0.25) is 0 Å². The largest absolute Gasteiger partial charge is 0.309 e. The standard InChI is InChI=1S/C57H33N5S/c1-2-15-35(16-3-1)55-58-56(60-57(59-55)62-48-24-12-10-22-42(48)43-23-11-13-25-49(43)62)47-33-40(32-45-44-28-36-17-5-7-20-39(36)31-52(44)63-54(45)47)61-50-27-26-34-14-8-9-21-41(34)53(50)46-29-37-18-4-6-19-38(37)30-51(46)61/h1-33H.